The van der Waals surface area contributed by atoms with Crippen LogP contribution in [-0.4, -0.2) is 30.2 Å². The lowest BCUT2D eigenvalue weighted by molar-refractivity contribution is 0.0945. The normalized spacial score (nSPS) is 12.2. The van der Waals surface area contributed by atoms with Crippen LogP contribution in [0.15, 0.2) is 24.3 Å². The van der Waals surface area contributed by atoms with Crippen molar-refractivity contribution >= 4 is 11.6 Å². The number of hydrogen-bond donors (Lipinski definition) is 3. The van der Waals surface area contributed by atoms with Gasteiger partial charge in [0.15, 0.2) is 0 Å². The Hall–Kier alpha value is -1.55. The van der Waals surface area contributed by atoms with Crippen molar-refractivity contribution in [3.63, 3.8) is 0 Å². The van der Waals surface area contributed by atoms with Crippen molar-refractivity contribution in [2.45, 2.75) is 39.7 Å². The van der Waals surface area contributed by atoms with Gasteiger partial charge in [-0.1, -0.05) is 13.8 Å². The summed E-state index contributed by atoms with van der Waals surface area (Å²) in [6.07, 6.45) is 2.34. The smallest absolute Gasteiger partial charge is 0.251 e. The van der Waals surface area contributed by atoms with Gasteiger partial charge in [-0.3, -0.25) is 4.79 Å². The van der Waals surface area contributed by atoms with Gasteiger partial charge < -0.3 is 15.7 Å². The minimum atomic E-state index is -0.154. The molecule has 0 aromatic heterocycles. The maximum atomic E-state index is 11.7. The number of benzene rings is 1. The Bertz CT molecular complexity index is 401. The highest BCUT2D eigenvalue weighted by molar-refractivity contribution is 5.94. The van der Waals surface area contributed by atoms with Crippen molar-refractivity contribution in [3.05, 3.63) is 29.8 Å². The topological polar surface area (TPSA) is 61.4 Å². The molecule has 0 heterocycles. The first-order valence-electron chi connectivity index (χ1n) is 7.28. The zero-order valence-electron chi connectivity index (χ0n) is 12.6. The van der Waals surface area contributed by atoms with E-state index < -0.39 is 0 Å². The molecule has 112 valence electrons. The average molecular weight is 278 g/mol. The van der Waals surface area contributed by atoms with E-state index in [0.717, 1.165) is 18.0 Å². The Morgan fingerprint density at radius 1 is 1.15 bits per heavy atom. The van der Waals surface area contributed by atoms with Gasteiger partial charge in [-0.2, -0.15) is 0 Å². The number of anilines is 1. The van der Waals surface area contributed by atoms with Crippen LogP contribution in [-0.2, 0) is 0 Å². The molecule has 3 N–H and O–H groups in total. The molecule has 0 radical (unpaired) electrons. The van der Waals surface area contributed by atoms with Crippen molar-refractivity contribution in [2.75, 3.05) is 18.5 Å². The van der Waals surface area contributed by atoms with Crippen molar-refractivity contribution in [3.8, 4) is 0 Å². The molecule has 0 fully saturated rings. The van der Waals surface area contributed by atoms with Gasteiger partial charge in [0.05, 0.1) is 6.61 Å². The fourth-order valence-electron chi connectivity index (χ4n) is 1.93. The SMILES string of the molecule is CC(C)CCC(C)Nc1ccc(C(=O)NCCO)cc1. The Morgan fingerprint density at radius 3 is 2.35 bits per heavy atom. The van der Waals surface area contributed by atoms with Gasteiger partial charge in [0.25, 0.3) is 5.91 Å². The van der Waals surface area contributed by atoms with Gasteiger partial charge in [0, 0.05) is 23.8 Å². The fourth-order valence-corrected chi connectivity index (χ4v) is 1.93. The lowest BCUT2D eigenvalue weighted by atomic mass is 10.0. The van der Waals surface area contributed by atoms with Crippen LogP contribution in [0.4, 0.5) is 5.69 Å². The summed E-state index contributed by atoms with van der Waals surface area (Å²) in [6, 6.07) is 7.85. The van der Waals surface area contributed by atoms with Crippen LogP contribution in [0.3, 0.4) is 0 Å². The summed E-state index contributed by atoms with van der Waals surface area (Å²) in [5.74, 6) is 0.565. The Morgan fingerprint density at radius 2 is 1.80 bits per heavy atom. The maximum Gasteiger partial charge on any atom is 0.251 e. The highest BCUT2D eigenvalue weighted by Crippen LogP contribution is 2.14. The molecular formula is C16H26N2O2. The second-order valence-corrected chi connectivity index (χ2v) is 5.57. The molecule has 20 heavy (non-hydrogen) atoms. The molecule has 1 amide bonds. The molecule has 0 aliphatic heterocycles. The van der Waals surface area contributed by atoms with E-state index in [1.54, 1.807) is 12.1 Å². The predicted molar refractivity (Wildman–Crippen MR) is 83.0 cm³/mol. The lowest BCUT2D eigenvalue weighted by Crippen LogP contribution is -2.26. The van der Waals surface area contributed by atoms with Gasteiger partial charge >= 0.3 is 0 Å². The van der Waals surface area contributed by atoms with Crippen LogP contribution in [0, 0.1) is 5.92 Å². The Balaban J connectivity index is 2.47. The Kier molecular flexibility index (Phi) is 7.09. The molecule has 0 bridgehead atoms. The number of hydrogen-bond acceptors (Lipinski definition) is 3. The third kappa shape index (κ3) is 6.06. The molecule has 0 aliphatic carbocycles. The molecule has 1 atom stereocenters. The molecule has 4 heteroatoms. The summed E-state index contributed by atoms with van der Waals surface area (Å²) in [5.41, 5.74) is 1.64. The zero-order chi connectivity index (χ0) is 15.0. The quantitative estimate of drug-likeness (QED) is 0.685. The highest BCUT2D eigenvalue weighted by Gasteiger charge is 2.06. The first-order chi connectivity index (χ1) is 9.52. The number of rotatable bonds is 8. The minimum Gasteiger partial charge on any atom is -0.395 e. The molecule has 0 saturated heterocycles. The highest BCUT2D eigenvalue weighted by atomic mass is 16.3. The summed E-state index contributed by atoms with van der Waals surface area (Å²) in [7, 11) is 0. The van der Waals surface area contributed by atoms with Gasteiger partial charge in [-0.05, 0) is 49.9 Å². The van der Waals surface area contributed by atoms with Gasteiger partial charge in [-0.25, -0.2) is 0 Å². The minimum absolute atomic E-state index is 0.0429. The molecule has 1 rings (SSSR count). The monoisotopic (exact) mass is 278 g/mol. The molecule has 4 nitrogen and oxygen atoms in total. The fraction of sp³-hybridized carbons (Fsp3) is 0.562. The molecule has 1 aromatic rings. The van der Waals surface area contributed by atoms with Crippen LogP contribution in [0.2, 0.25) is 0 Å². The van der Waals surface area contributed by atoms with Crippen molar-refractivity contribution < 1.29 is 9.90 Å². The lowest BCUT2D eigenvalue weighted by Gasteiger charge is -2.16. The third-order valence-electron chi connectivity index (χ3n) is 3.13. The van der Waals surface area contributed by atoms with Crippen LogP contribution in [0.25, 0.3) is 0 Å². The summed E-state index contributed by atoms with van der Waals surface area (Å²) in [4.78, 5) is 11.7. The van der Waals surface area contributed by atoms with E-state index in [0.29, 0.717) is 11.6 Å². The molecule has 0 spiro atoms. The molecule has 0 saturated carbocycles. The van der Waals surface area contributed by atoms with Gasteiger partial charge in [0.1, 0.15) is 0 Å². The van der Waals surface area contributed by atoms with Crippen molar-refractivity contribution in [2.24, 2.45) is 5.92 Å². The van der Waals surface area contributed by atoms with E-state index in [1.165, 1.54) is 6.42 Å². The van der Waals surface area contributed by atoms with Crippen LogP contribution < -0.4 is 10.6 Å². The number of amides is 1. The number of carbonyl (C=O) groups is 1. The van der Waals surface area contributed by atoms with E-state index in [1.807, 2.05) is 12.1 Å². The number of nitrogens with one attached hydrogen (secondary N) is 2. The van der Waals surface area contributed by atoms with Crippen LogP contribution in [0.1, 0.15) is 44.0 Å². The van der Waals surface area contributed by atoms with E-state index >= 15 is 0 Å². The standard InChI is InChI=1S/C16H26N2O2/c1-12(2)4-5-13(3)18-15-8-6-14(7-9-15)16(20)17-10-11-19/h6-9,12-13,18-19H,4-5,10-11H2,1-3H3,(H,17,20). The summed E-state index contributed by atoms with van der Waals surface area (Å²) >= 11 is 0. The molecule has 0 aliphatic rings. The third-order valence-corrected chi connectivity index (χ3v) is 3.13. The number of aliphatic hydroxyl groups excluding tert-OH is 1. The molecular weight excluding hydrogens is 252 g/mol. The first kappa shape index (κ1) is 16.5. The predicted octanol–water partition coefficient (Wildman–Crippen LogP) is 2.65. The summed E-state index contributed by atoms with van der Waals surface area (Å²) < 4.78 is 0. The maximum absolute atomic E-state index is 11.7. The Labute approximate surface area is 121 Å². The zero-order valence-corrected chi connectivity index (χ0v) is 12.6. The summed E-state index contributed by atoms with van der Waals surface area (Å²) in [6.45, 7) is 6.87. The first-order valence-corrected chi connectivity index (χ1v) is 7.28. The van der Waals surface area contributed by atoms with Gasteiger partial charge in [-0.15, -0.1) is 0 Å². The van der Waals surface area contributed by atoms with Crippen LogP contribution in [0.5, 0.6) is 0 Å². The van der Waals surface area contributed by atoms with E-state index in [4.69, 9.17) is 5.11 Å². The second kappa shape index (κ2) is 8.59. The largest absolute Gasteiger partial charge is 0.395 e. The van der Waals surface area contributed by atoms with Crippen molar-refractivity contribution in [1.82, 2.24) is 5.32 Å². The van der Waals surface area contributed by atoms with Gasteiger partial charge in [0.2, 0.25) is 0 Å². The van der Waals surface area contributed by atoms with E-state index in [-0.39, 0.29) is 19.1 Å². The molecule has 1 aromatic carbocycles. The second-order valence-electron chi connectivity index (χ2n) is 5.57. The van der Waals surface area contributed by atoms with Crippen LogP contribution >= 0.6 is 0 Å². The van der Waals surface area contributed by atoms with Crippen molar-refractivity contribution in [1.29, 1.82) is 0 Å². The number of aliphatic hydroxyl groups is 1. The average Bonchev–Trinajstić information content (AvgIpc) is 2.43. The van der Waals surface area contributed by atoms with E-state index in [2.05, 4.69) is 31.4 Å². The van der Waals surface area contributed by atoms with E-state index in [9.17, 15) is 4.79 Å². The number of carbonyl (C=O) groups excluding carboxylic acids is 1. The molecule has 1 unspecified atom stereocenters. The summed E-state index contributed by atoms with van der Waals surface area (Å²) in [5, 5.41) is 14.7.